The van der Waals surface area contributed by atoms with E-state index in [2.05, 4.69) is 30.6 Å². The Morgan fingerprint density at radius 2 is 2.03 bits per heavy atom. The third kappa shape index (κ3) is 4.74. The van der Waals surface area contributed by atoms with Gasteiger partial charge in [-0.25, -0.2) is 9.97 Å². The zero-order valence-electron chi connectivity index (χ0n) is 16.2. The molecule has 0 aliphatic heterocycles. The number of methoxy groups -OCH3 is 1. The van der Waals surface area contributed by atoms with Crippen molar-refractivity contribution in [3.05, 3.63) is 54.5 Å². The fourth-order valence-electron chi connectivity index (χ4n) is 2.47. The molecule has 1 unspecified atom stereocenters. The van der Waals surface area contributed by atoms with Crippen LogP contribution in [0.3, 0.4) is 0 Å². The molecule has 2 N–H and O–H groups in total. The molecule has 0 bridgehead atoms. The molecule has 0 spiro atoms. The normalized spacial score (nSPS) is 11.6. The van der Waals surface area contributed by atoms with Gasteiger partial charge in [0.15, 0.2) is 11.6 Å². The molecule has 12 nitrogen and oxygen atoms in total. The minimum absolute atomic E-state index is 0.0246. The van der Waals surface area contributed by atoms with Crippen molar-refractivity contribution in [3.8, 4) is 17.8 Å². The number of nitriles is 1. The molecule has 0 aliphatic carbocycles. The summed E-state index contributed by atoms with van der Waals surface area (Å²) in [5, 5.41) is 32.8. The molecule has 0 saturated heterocycles. The molecule has 0 radical (unpaired) electrons. The summed E-state index contributed by atoms with van der Waals surface area (Å²) in [5.41, 5.74) is 0.331. The summed E-state index contributed by atoms with van der Waals surface area (Å²) < 4.78 is 6.30. The predicted molar refractivity (Wildman–Crippen MR) is 106 cm³/mol. The summed E-state index contributed by atoms with van der Waals surface area (Å²) in [6.07, 6.45) is 4.16. The first kappa shape index (κ1) is 21.2. The first-order valence-corrected chi connectivity index (χ1v) is 8.82. The van der Waals surface area contributed by atoms with Gasteiger partial charge in [-0.1, -0.05) is 12.1 Å². The van der Waals surface area contributed by atoms with Gasteiger partial charge in [-0.15, -0.1) is 5.11 Å². The fourth-order valence-corrected chi connectivity index (χ4v) is 2.47. The highest BCUT2D eigenvalue weighted by molar-refractivity contribution is 6.11. The van der Waals surface area contributed by atoms with E-state index in [4.69, 9.17) is 4.74 Å². The van der Waals surface area contributed by atoms with E-state index in [0.717, 1.165) is 4.68 Å². The van der Waals surface area contributed by atoms with Crippen molar-refractivity contribution in [1.82, 2.24) is 19.7 Å². The van der Waals surface area contributed by atoms with Crippen molar-refractivity contribution in [2.24, 2.45) is 10.2 Å². The summed E-state index contributed by atoms with van der Waals surface area (Å²) in [4.78, 5) is 32.9. The van der Waals surface area contributed by atoms with Gasteiger partial charge in [0.25, 0.3) is 11.9 Å². The predicted octanol–water partition coefficient (Wildman–Crippen LogP) is 1.19. The van der Waals surface area contributed by atoms with Crippen LogP contribution >= 0.6 is 0 Å². The number of carbonyl (C=O) groups excluding carboxylic acids is 2. The van der Waals surface area contributed by atoms with Crippen LogP contribution in [0.2, 0.25) is 0 Å². The van der Waals surface area contributed by atoms with Crippen LogP contribution in [0, 0.1) is 11.3 Å². The minimum Gasteiger partial charge on any atom is -0.495 e. The van der Waals surface area contributed by atoms with Crippen molar-refractivity contribution in [3.63, 3.8) is 0 Å². The first-order chi connectivity index (χ1) is 15.1. The average molecular weight is 420 g/mol. The highest BCUT2D eigenvalue weighted by Crippen LogP contribution is 2.24. The van der Waals surface area contributed by atoms with Crippen LogP contribution in [0.15, 0.2) is 59.2 Å². The first-order valence-electron chi connectivity index (χ1n) is 8.82. The molecular formula is C19H16N8O4. The Kier molecular flexibility index (Phi) is 6.71. The molecular weight excluding hydrogens is 404 g/mol. The molecule has 3 aromatic rings. The molecule has 1 atom stereocenters. The highest BCUT2D eigenvalue weighted by atomic mass is 16.5. The van der Waals surface area contributed by atoms with Gasteiger partial charge in [-0.3, -0.25) is 9.59 Å². The number of aliphatic hydroxyl groups is 1. The number of anilines is 1. The molecule has 2 heterocycles. The number of Topliss-reactive ketones (excluding diaryl/α,β-unsaturated/α-hetero) is 1. The van der Waals surface area contributed by atoms with Gasteiger partial charge in [0.2, 0.25) is 6.04 Å². The fraction of sp³-hybridized carbons (Fsp3) is 0.158. The van der Waals surface area contributed by atoms with Crippen LogP contribution < -0.4 is 10.1 Å². The van der Waals surface area contributed by atoms with Gasteiger partial charge in [0, 0.05) is 12.4 Å². The van der Waals surface area contributed by atoms with Gasteiger partial charge in [0.1, 0.15) is 24.0 Å². The summed E-state index contributed by atoms with van der Waals surface area (Å²) in [7, 11) is 1.43. The van der Waals surface area contributed by atoms with E-state index in [1.807, 2.05) is 6.07 Å². The summed E-state index contributed by atoms with van der Waals surface area (Å²) in [5.74, 6) is -1.32. The number of ketones is 1. The third-order valence-corrected chi connectivity index (χ3v) is 3.95. The Balaban J connectivity index is 1.93. The van der Waals surface area contributed by atoms with Gasteiger partial charge in [-0.05, 0) is 18.2 Å². The summed E-state index contributed by atoms with van der Waals surface area (Å²) >= 11 is 0. The Bertz CT molecular complexity index is 1150. The second-order valence-corrected chi connectivity index (χ2v) is 5.89. The Hall–Kier alpha value is -4.50. The number of hydrogen-bond donors (Lipinski definition) is 2. The molecule has 0 aliphatic rings. The molecule has 12 heteroatoms. The number of aromatic nitrogens is 4. The maximum atomic E-state index is 12.7. The van der Waals surface area contributed by atoms with Crippen molar-refractivity contribution in [2.45, 2.75) is 6.04 Å². The number of para-hydroxylation sites is 2. The van der Waals surface area contributed by atoms with Crippen LogP contribution in [0.1, 0.15) is 5.56 Å². The van der Waals surface area contributed by atoms with E-state index in [9.17, 15) is 20.0 Å². The van der Waals surface area contributed by atoms with E-state index < -0.39 is 24.3 Å². The smallest absolute Gasteiger partial charge is 0.259 e. The highest BCUT2D eigenvalue weighted by Gasteiger charge is 2.27. The zero-order chi connectivity index (χ0) is 22.2. The number of aliphatic hydroxyl groups excluding tert-OH is 1. The minimum atomic E-state index is -1.68. The van der Waals surface area contributed by atoms with Gasteiger partial charge < -0.3 is 15.2 Å². The maximum Gasteiger partial charge on any atom is 0.259 e. The largest absolute Gasteiger partial charge is 0.495 e. The van der Waals surface area contributed by atoms with Crippen LogP contribution in [-0.2, 0) is 9.59 Å². The maximum absolute atomic E-state index is 12.7. The molecule has 1 amide bonds. The van der Waals surface area contributed by atoms with Crippen LogP contribution in [0.5, 0.6) is 5.75 Å². The molecule has 1 aromatic carbocycles. The van der Waals surface area contributed by atoms with E-state index in [-0.39, 0.29) is 17.3 Å². The van der Waals surface area contributed by atoms with Crippen LogP contribution in [-0.4, -0.2) is 56.3 Å². The second kappa shape index (κ2) is 9.81. The van der Waals surface area contributed by atoms with Crippen LogP contribution in [0.25, 0.3) is 5.95 Å². The quantitative estimate of drug-likeness (QED) is 0.405. The molecule has 3 rings (SSSR count). The number of nitrogens with one attached hydrogen (secondary N) is 1. The lowest BCUT2D eigenvalue weighted by Gasteiger charge is -2.12. The van der Waals surface area contributed by atoms with Crippen LogP contribution in [0.4, 0.5) is 11.5 Å². The number of azo groups is 1. The van der Waals surface area contributed by atoms with Crippen molar-refractivity contribution < 1.29 is 19.4 Å². The number of nitrogens with zero attached hydrogens (tertiary/aromatic N) is 7. The number of rotatable bonds is 8. The Morgan fingerprint density at radius 3 is 2.71 bits per heavy atom. The van der Waals surface area contributed by atoms with E-state index in [1.165, 1.54) is 25.7 Å². The third-order valence-electron chi connectivity index (χ3n) is 3.95. The van der Waals surface area contributed by atoms with E-state index in [0.29, 0.717) is 11.4 Å². The Morgan fingerprint density at radius 1 is 1.29 bits per heavy atom. The molecule has 0 saturated carbocycles. The second-order valence-electron chi connectivity index (χ2n) is 5.89. The summed E-state index contributed by atoms with van der Waals surface area (Å²) in [6, 6.07) is 8.38. The topological polar surface area (TPSA) is 168 Å². The molecule has 31 heavy (non-hydrogen) atoms. The van der Waals surface area contributed by atoms with E-state index >= 15 is 0 Å². The molecule has 0 fully saturated rings. The SMILES string of the molecule is COc1ccccc1NC(=O)C(N=Nc1c(C#N)cnn1-c1ncccn1)C(=O)CO. The summed E-state index contributed by atoms with van der Waals surface area (Å²) in [6.45, 7) is -0.935. The lowest BCUT2D eigenvalue weighted by atomic mass is 10.2. The lowest BCUT2D eigenvalue weighted by Crippen LogP contribution is -2.35. The number of benzene rings is 1. The van der Waals surface area contributed by atoms with Crippen molar-refractivity contribution in [1.29, 1.82) is 5.26 Å². The van der Waals surface area contributed by atoms with Crippen molar-refractivity contribution >= 4 is 23.2 Å². The number of amides is 1. The number of ether oxygens (including phenoxy) is 1. The average Bonchev–Trinajstić information content (AvgIpc) is 3.22. The van der Waals surface area contributed by atoms with Gasteiger partial charge in [-0.2, -0.15) is 20.2 Å². The van der Waals surface area contributed by atoms with Gasteiger partial charge >= 0.3 is 0 Å². The zero-order valence-corrected chi connectivity index (χ0v) is 16.2. The van der Waals surface area contributed by atoms with Gasteiger partial charge in [0.05, 0.1) is 19.0 Å². The van der Waals surface area contributed by atoms with E-state index in [1.54, 1.807) is 30.3 Å². The Labute approximate surface area is 175 Å². The van der Waals surface area contributed by atoms with Crippen molar-refractivity contribution in [2.75, 3.05) is 19.0 Å². The monoisotopic (exact) mass is 420 g/mol. The standard InChI is InChI=1S/C19H16N8O4/c1-31-15-6-3-2-5-13(15)24-18(30)16(14(29)11-28)25-26-17-12(9-20)10-23-27(17)19-21-7-4-8-22-19/h2-8,10,16,28H,11H2,1H3,(H,24,30). The number of hydrogen-bond acceptors (Lipinski definition) is 10. The molecule has 2 aromatic heterocycles. The molecule has 156 valence electrons. The lowest BCUT2D eigenvalue weighted by molar-refractivity contribution is -0.129. The number of carbonyl (C=O) groups is 2.